The molecule has 0 radical (unpaired) electrons. The Bertz CT molecular complexity index is 743. The molecule has 0 unspecified atom stereocenters. The molecule has 0 saturated carbocycles. The van der Waals surface area contributed by atoms with Crippen molar-refractivity contribution < 1.29 is 21.6 Å². The molecule has 0 bridgehead atoms. The molecular formula is C13H9F3INO2S. The fourth-order valence-corrected chi connectivity index (χ4v) is 3.31. The largest absolute Gasteiger partial charge is 0.417 e. The van der Waals surface area contributed by atoms with Crippen LogP contribution < -0.4 is 4.72 Å². The van der Waals surface area contributed by atoms with Gasteiger partial charge < -0.3 is 0 Å². The van der Waals surface area contributed by atoms with E-state index in [1.54, 1.807) is 12.1 Å². The van der Waals surface area contributed by atoms with E-state index in [2.05, 4.69) is 4.72 Å². The third-order valence-corrected chi connectivity index (χ3v) is 4.74. The molecule has 0 aromatic heterocycles. The van der Waals surface area contributed by atoms with Crippen LogP contribution in [0.2, 0.25) is 0 Å². The van der Waals surface area contributed by atoms with Crippen LogP contribution in [-0.4, -0.2) is 8.42 Å². The van der Waals surface area contributed by atoms with Gasteiger partial charge in [0.2, 0.25) is 0 Å². The molecule has 21 heavy (non-hydrogen) atoms. The van der Waals surface area contributed by atoms with Crippen molar-refractivity contribution in [1.82, 2.24) is 0 Å². The van der Waals surface area contributed by atoms with Crippen molar-refractivity contribution >= 4 is 38.3 Å². The van der Waals surface area contributed by atoms with Crippen molar-refractivity contribution in [2.45, 2.75) is 11.1 Å². The third kappa shape index (κ3) is 3.88. The van der Waals surface area contributed by atoms with Gasteiger partial charge in [-0.1, -0.05) is 12.1 Å². The first-order valence-corrected chi connectivity index (χ1v) is 8.21. The fourth-order valence-electron chi connectivity index (χ4n) is 1.66. The summed E-state index contributed by atoms with van der Waals surface area (Å²) in [6.45, 7) is 0. The van der Waals surface area contributed by atoms with Gasteiger partial charge in [0.05, 0.1) is 10.5 Å². The average molecular weight is 427 g/mol. The Morgan fingerprint density at radius 3 is 2.10 bits per heavy atom. The Morgan fingerprint density at radius 1 is 0.952 bits per heavy atom. The smallest absolute Gasteiger partial charge is 0.280 e. The normalized spacial score (nSPS) is 12.2. The minimum absolute atomic E-state index is 0.201. The first-order chi connectivity index (χ1) is 9.70. The number of anilines is 1. The number of nitrogens with one attached hydrogen (secondary N) is 1. The van der Waals surface area contributed by atoms with Crippen molar-refractivity contribution in [3.63, 3.8) is 0 Å². The molecular weight excluding hydrogens is 418 g/mol. The summed E-state index contributed by atoms with van der Waals surface area (Å²) in [5.74, 6) is 0. The van der Waals surface area contributed by atoms with Crippen LogP contribution >= 0.6 is 22.6 Å². The standard InChI is InChI=1S/C13H9F3INO2S/c14-13(15,16)11-3-1-2-4-12(11)21(19,20)18-10-7-5-9(17)6-8-10/h1-8,18H. The van der Waals surface area contributed by atoms with Crippen LogP contribution in [0.15, 0.2) is 53.4 Å². The minimum Gasteiger partial charge on any atom is -0.280 e. The van der Waals surface area contributed by atoms with E-state index in [9.17, 15) is 21.6 Å². The monoisotopic (exact) mass is 427 g/mol. The summed E-state index contributed by atoms with van der Waals surface area (Å²) in [7, 11) is -4.31. The number of hydrogen-bond donors (Lipinski definition) is 1. The Morgan fingerprint density at radius 2 is 1.52 bits per heavy atom. The SMILES string of the molecule is O=S(=O)(Nc1ccc(I)cc1)c1ccccc1C(F)(F)F. The number of rotatable bonds is 3. The second-order valence-electron chi connectivity index (χ2n) is 4.11. The van der Waals surface area contributed by atoms with Gasteiger partial charge in [0, 0.05) is 9.26 Å². The molecule has 0 amide bonds. The van der Waals surface area contributed by atoms with Gasteiger partial charge in [0.25, 0.3) is 10.0 Å². The highest BCUT2D eigenvalue weighted by Crippen LogP contribution is 2.34. The molecule has 2 rings (SSSR count). The van der Waals surface area contributed by atoms with Crippen LogP contribution in [0, 0.1) is 3.57 Å². The van der Waals surface area contributed by atoms with Crippen LogP contribution in [0.3, 0.4) is 0 Å². The quantitative estimate of drug-likeness (QED) is 0.750. The summed E-state index contributed by atoms with van der Waals surface area (Å²) < 4.78 is 65.9. The molecule has 0 atom stereocenters. The van der Waals surface area contributed by atoms with Crippen LogP contribution in [0.4, 0.5) is 18.9 Å². The number of halogens is 4. The van der Waals surface area contributed by atoms with Gasteiger partial charge in [-0.15, -0.1) is 0 Å². The maximum atomic E-state index is 12.9. The minimum atomic E-state index is -4.74. The summed E-state index contributed by atoms with van der Waals surface area (Å²) in [5, 5.41) is 0. The lowest BCUT2D eigenvalue weighted by atomic mass is 10.2. The van der Waals surface area contributed by atoms with E-state index in [0.717, 1.165) is 21.8 Å². The fraction of sp³-hybridized carbons (Fsp3) is 0.0769. The van der Waals surface area contributed by atoms with E-state index in [4.69, 9.17) is 0 Å². The van der Waals surface area contributed by atoms with E-state index in [0.29, 0.717) is 0 Å². The van der Waals surface area contributed by atoms with Gasteiger partial charge in [0.15, 0.2) is 0 Å². The van der Waals surface area contributed by atoms with Gasteiger partial charge >= 0.3 is 6.18 Å². The molecule has 0 aliphatic heterocycles. The van der Waals surface area contributed by atoms with E-state index >= 15 is 0 Å². The third-order valence-electron chi connectivity index (χ3n) is 2.58. The zero-order chi connectivity index (χ0) is 15.7. The molecule has 8 heteroatoms. The van der Waals surface area contributed by atoms with Crippen molar-refractivity contribution in [2.75, 3.05) is 4.72 Å². The molecule has 0 aliphatic carbocycles. The summed E-state index contributed by atoms with van der Waals surface area (Å²) in [4.78, 5) is -0.795. The van der Waals surface area contributed by atoms with Gasteiger partial charge in [0.1, 0.15) is 0 Å². The molecule has 2 aromatic carbocycles. The predicted molar refractivity (Wildman–Crippen MR) is 81.4 cm³/mol. The molecule has 1 N–H and O–H groups in total. The molecule has 3 nitrogen and oxygen atoms in total. The zero-order valence-corrected chi connectivity index (χ0v) is 13.3. The zero-order valence-electron chi connectivity index (χ0n) is 10.4. The highest BCUT2D eigenvalue weighted by Gasteiger charge is 2.36. The Kier molecular flexibility index (Phi) is 4.47. The van der Waals surface area contributed by atoms with Gasteiger partial charge in [-0.05, 0) is 59.0 Å². The van der Waals surface area contributed by atoms with Crippen molar-refractivity contribution in [3.05, 3.63) is 57.7 Å². The van der Waals surface area contributed by atoms with Crippen LogP contribution in [0.1, 0.15) is 5.56 Å². The average Bonchev–Trinajstić information content (AvgIpc) is 2.40. The number of sulfonamides is 1. The van der Waals surface area contributed by atoms with E-state index in [1.807, 2.05) is 22.6 Å². The van der Waals surface area contributed by atoms with Gasteiger partial charge in [-0.2, -0.15) is 13.2 Å². The van der Waals surface area contributed by atoms with E-state index in [1.165, 1.54) is 18.2 Å². The highest BCUT2D eigenvalue weighted by atomic mass is 127. The second-order valence-corrected chi connectivity index (χ2v) is 7.00. The molecule has 0 fully saturated rings. The maximum absolute atomic E-state index is 12.9. The number of benzene rings is 2. The Labute approximate surface area is 133 Å². The predicted octanol–water partition coefficient (Wildman–Crippen LogP) is 4.11. The molecule has 112 valence electrons. The van der Waals surface area contributed by atoms with Crippen LogP contribution in [0.25, 0.3) is 0 Å². The highest BCUT2D eigenvalue weighted by molar-refractivity contribution is 14.1. The molecule has 0 heterocycles. The summed E-state index contributed by atoms with van der Waals surface area (Å²) >= 11 is 2.04. The lowest BCUT2D eigenvalue weighted by Gasteiger charge is -2.14. The molecule has 2 aromatic rings. The summed E-state index contributed by atoms with van der Waals surface area (Å²) in [5.41, 5.74) is -0.990. The summed E-state index contributed by atoms with van der Waals surface area (Å²) in [6, 6.07) is 10.3. The number of hydrogen-bond acceptors (Lipinski definition) is 2. The van der Waals surface area contributed by atoms with Crippen molar-refractivity contribution in [2.24, 2.45) is 0 Å². The second kappa shape index (κ2) is 5.84. The first kappa shape index (κ1) is 16.1. The van der Waals surface area contributed by atoms with Gasteiger partial charge in [-0.3, -0.25) is 4.72 Å². The van der Waals surface area contributed by atoms with E-state index < -0.39 is 26.7 Å². The molecule has 0 saturated heterocycles. The Balaban J connectivity index is 2.43. The number of alkyl halides is 3. The van der Waals surface area contributed by atoms with Crippen molar-refractivity contribution in [1.29, 1.82) is 0 Å². The summed E-state index contributed by atoms with van der Waals surface area (Å²) in [6.07, 6.45) is -4.74. The molecule has 0 spiro atoms. The Hall–Kier alpha value is -1.29. The van der Waals surface area contributed by atoms with E-state index in [-0.39, 0.29) is 5.69 Å². The van der Waals surface area contributed by atoms with Gasteiger partial charge in [-0.25, -0.2) is 8.42 Å². The molecule has 0 aliphatic rings. The lowest BCUT2D eigenvalue weighted by molar-refractivity contribution is -0.139. The lowest BCUT2D eigenvalue weighted by Crippen LogP contribution is -2.18. The maximum Gasteiger partial charge on any atom is 0.417 e. The first-order valence-electron chi connectivity index (χ1n) is 5.65. The van der Waals surface area contributed by atoms with Crippen LogP contribution in [-0.2, 0) is 16.2 Å². The van der Waals surface area contributed by atoms with Crippen molar-refractivity contribution in [3.8, 4) is 0 Å². The topological polar surface area (TPSA) is 46.2 Å². The van der Waals surface area contributed by atoms with Crippen LogP contribution in [0.5, 0.6) is 0 Å².